The van der Waals surface area contributed by atoms with Crippen molar-refractivity contribution in [1.82, 2.24) is 4.98 Å². The largest absolute Gasteiger partial charge is 0.462 e. The average molecular weight is 247 g/mol. The van der Waals surface area contributed by atoms with Crippen molar-refractivity contribution in [2.75, 3.05) is 6.61 Å². The summed E-state index contributed by atoms with van der Waals surface area (Å²) in [6, 6.07) is 2.00. The molecule has 1 unspecified atom stereocenters. The van der Waals surface area contributed by atoms with Gasteiger partial charge in [-0.1, -0.05) is 20.8 Å². The molecule has 1 heterocycles. The summed E-state index contributed by atoms with van der Waals surface area (Å²) in [5, 5.41) is 0. The maximum atomic E-state index is 12.0. The Hall–Kier alpha value is -1.38. The molecule has 3 heteroatoms. The Labute approximate surface area is 109 Å². The van der Waals surface area contributed by atoms with Crippen molar-refractivity contribution in [3.8, 4) is 0 Å². The molecule has 18 heavy (non-hydrogen) atoms. The molecule has 0 amide bonds. The van der Waals surface area contributed by atoms with Gasteiger partial charge in [-0.2, -0.15) is 0 Å². The number of aryl methyl sites for hydroxylation is 1. The van der Waals surface area contributed by atoms with E-state index in [0.29, 0.717) is 18.1 Å². The minimum absolute atomic E-state index is 0.238. The summed E-state index contributed by atoms with van der Waals surface area (Å²) in [4.78, 5) is 16.7. The quantitative estimate of drug-likeness (QED) is 0.768. The maximum Gasteiger partial charge on any atom is 0.339 e. The SMILES string of the molecule is CCOC(=O)c1cc2c(nc1C(C)C)C(C)CC2. The van der Waals surface area contributed by atoms with Gasteiger partial charge in [0.05, 0.1) is 17.9 Å². The fraction of sp³-hybridized carbons (Fsp3) is 0.600. The second-order valence-corrected chi connectivity index (χ2v) is 5.28. The zero-order valence-corrected chi connectivity index (χ0v) is 11.6. The van der Waals surface area contributed by atoms with Crippen LogP contribution in [0.1, 0.15) is 73.3 Å². The Morgan fingerprint density at radius 3 is 2.89 bits per heavy atom. The van der Waals surface area contributed by atoms with Crippen LogP contribution in [-0.2, 0) is 11.2 Å². The third-order valence-electron chi connectivity index (χ3n) is 3.52. The zero-order valence-electron chi connectivity index (χ0n) is 11.6. The molecule has 0 saturated carbocycles. The second kappa shape index (κ2) is 5.09. The van der Waals surface area contributed by atoms with Crippen LogP contribution in [0.15, 0.2) is 6.07 Å². The lowest BCUT2D eigenvalue weighted by molar-refractivity contribution is 0.0524. The highest BCUT2D eigenvalue weighted by Crippen LogP contribution is 2.34. The Morgan fingerprint density at radius 1 is 1.56 bits per heavy atom. The first-order valence-electron chi connectivity index (χ1n) is 6.75. The van der Waals surface area contributed by atoms with E-state index in [1.165, 1.54) is 11.3 Å². The smallest absolute Gasteiger partial charge is 0.339 e. The maximum absolute atomic E-state index is 12.0. The highest BCUT2D eigenvalue weighted by atomic mass is 16.5. The molecular formula is C15H21NO2. The van der Waals surface area contributed by atoms with E-state index in [0.717, 1.165) is 18.5 Å². The summed E-state index contributed by atoms with van der Waals surface area (Å²) in [7, 11) is 0. The van der Waals surface area contributed by atoms with Crippen molar-refractivity contribution >= 4 is 5.97 Å². The number of carbonyl (C=O) groups excluding carboxylic acids is 1. The van der Waals surface area contributed by atoms with Crippen molar-refractivity contribution < 1.29 is 9.53 Å². The molecule has 3 nitrogen and oxygen atoms in total. The van der Waals surface area contributed by atoms with Crippen molar-refractivity contribution in [2.45, 2.75) is 52.4 Å². The summed E-state index contributed by atoms with van der Waals surface area (Å²) in [6.45, 7) is 8.57. The molecule has 2 rings (SSSR count). The van der Waals surface area contributed by atoms with Crippen LogP contribution >= 0.6 is 0 Å². The molecule has 1 aliphatic rings. The van der Waals surface area contributed by atoms with Crippen LogP contribution in [0.2, 0.25) is 0 Å². The number of esters is 1. The van der Waals surface area contributed by atoms with Crippen molar-refractivity contribution in [3.05, 3.63) is 28.6 Å². The molecule has 0 fully saturated rings. The van der Waals surface area contributed by atoms with Gasteiger partial charge in [-0.15, -0.1) is 0 Å². The highest BCUT2D eigenvalue weighted by Gasteiger charge is 2.25. The van der Waals surface area contributed by atoms with Gasteiger partial charge in [-0.3, -0.25) is 4.98 Å². The topological polar surface area (TPSA) is 39.2 Å². The van der Waals surface area contributed by atoms with Crippen LogP contribution in [0.25, 0.3) is 0 Å². The predicted octanol–water partition coefficient (Wildman–Crippen LogP) is 3.43. The molecule has 1 atom stereocenters. The molecule has 1 aromatic rings. The third-order valence-corrected chi connectivity index (χ3v) is 3.52. The lowest BCUT2D eigenvalue weighted by Gasteiger charge is -2.14. The first-order valence-corrected chi connectivity index (χ1v) is 6.75. The third kappa shape index (κ3) is 2.26. The molecule has 0 aliphatic heterocycles. The number of aromatic nitrogens is 1. The van der Waals surface area contributed by atoms with E-state index in [1.807, 2.05) is 13.0 Å². The Kier molecular flexibility index (Phi) is 3.69. The Morgan fingerprint density at radius 2 is 2.28 bits per heavy atom. The van der Waals surface area contributed by atoms with E-state index >= 15 is 0 Å². The van der Waals surface area contributed by atoms with Crippen molar-refractivity contribution in [3.63, 3.8) is 0 Å². The summed E-state index contributed by atoms with van der Waals surface area (Å²) in [5.74, 6) is 0.507. The van der Waals surface area contributed by atoms with E-state index in [1.54, 1.807) is 0 Å². The fourth-order valence-electron chi connectivity index (χ4n) is 2.53. The summed E-state index contributed by atoms with van der Waals surface area (Å²) < 4.78 is 5.13. The normalized spacial score (nSPS) is 17.9. The average Bonchev–Trinajstić information content (AvgIpc) is 2.69. The first kappa shape index (κ1) is 13.1. The molecule has 0 N–H and O–H groups in total. The van der Waals surface area contributed by atoms with Crippen molar-refractivity contribution in [2.24, 2.45) is 0 Å². The standard InChI is InChI=1S/C15H21NO2/c1-5-18-15(17)12-8-11-7-6-10(4)14(11)16-13(12)9(2)3/h8-10H,5-7H2,1-4H3. The van der Waals surface area contributed by atoms with Crippen LogP contribution in [-0.4, -0.2) is 17.6 Å². The zero-order chi connectivity index (χ0) is 13.3. The minimum atomic E-state index is -0.240. The summed E-state index contributed by atoms with van der Waals surface area (Å²) >= 11 is 0. The molecule has 98 valence electrons. The van der Waals surface area contributed by atoms with Crippen LogP contribution in [0, 0.1) is 0 Å². The molecule has 1 aromatic heterocycles. The van der Waals surface area contributed by atoms with Crippen LogP contribution in [0.3, 0.4) is 0 Å². The highest BCUT2D eigenvalue weighted by molar-refractivity contribution is 5.91. The number of hydrogen-bond donors (Lipinski definition) is 0. The number of fused-ring (bicyclic) bond motifs is 1. The molecule has 0 bridgehead atoms. The number of ether oxygens (including phenoxy) is 1. The molecule has 0 saturated heterocycles. The first-order chi connectivity index (χ1) is 8.54. The molecular weight excluding hydrogens is 226 g/mol. The molecule has 0 spiro atoms. The second-order valence-electron chi connectivity index (χ2n) is 5.28. The van der Waals surface area contributed by atoms with Gasteiger partial charge in [0.25, 0.3) is 0 Å². The van der Waals surface area contributed by atoms with Gasteiger partial charge in [0.15, 0.2) is 0 Å². The monoisotopic (exact) mass is 247 g/mol. The number of pyridine rings is 1. The number of hydrogen-bond acceptors (Lipinski definition) is 3. The lowest BCUT2D eigenvalue weighted by Crippen LogP contribution is -2.13. The Bertz CT molecular complexity index is 466. The van der Waals surface area contributed by atoms with Gasteiger partial charge >= 0.3 is 5.97 Å². The van der Waals surface area contributed by atoms with Crippen LogP contribution in [0.5, 0.6) is 0 Å². The number of nitrogens with zero attached hydrogens (tertiary/aromatic N) is 1. The van der Waals surface area contributed by atoms with E-state index in [2.05, 4.69) is 20.8 Å². The lowest BCUT2D eigenvalue weighted by atomic mass is 10.00. The fourth-order valence-corrected chi connectivity index (χ4v) is 2.53. The van der Waals surface area contributed by atoms with Gasteiger partial charge in [0.2, 0.25) is 0 Å². The van der Waals surface area contributed by atoms with E-state index < -0.39 is 0 Å². The van der Waals surface area contributed by atoms with Gasteiger partial charge in [-0.05, 0) is 43.2 Å². The van der Waals surface area contributed by atoms with E-state index in [9.17, 15) is 4.79 Å². The summed E-state index contributed by atoms with van der Waals surface area (Å²) in [6.07, 6.45) is 2.15. The van der Waals surface area contributed by atoms with E-state index in [-0.39, 0.29) is 11.9 Å². The number of carbonyl (C=O) groups is 1. The predicted molar refractivity (Wildman–Crippen MR) is 71.0 cm³/mol. The van der Waals surface area contributed by atoms with Crippen LogP contribution in [0.4, 0.5) is 0 Å². The van der Waals surface area contributed by atoms with Crippen LogP contribution < -0.4 is 0 Å². The number of rotatable bonds is 3. The Balaban J connectivity index is 2.48. The van der Waals surface area contributed by atoms with Crippen molar-refractivity contribution in [1.29, 1.82) is 0 Å². The van der Waals surface area contributed by atoms with Gasteiger partial charge in [0, 0.05) is 5.69 Å². The van der Waals surface area contributed by atoms with Gasteiger partial charge in [-0.25, -0.2) is 4.79 Å². The van der Waals surface area contributed by atoms with Gasteiger partial charge in [0.1, 0.15) is 0 Å². The molecule has 0 radical (unpaired) electrons. The molecule has 0 aromatic carbocycles. The van der Waals surface area contributed by atoms with E-state index in [4.69, 9.17) is 9.72 Å². The summed E-state index contributed by atoms with van der Waals surface area (Å²) in [5.41, 5.74) is 3.92. The molecule has 1 aliphatic carbocycles. The minimum Gasteiger partial charge on any atom is -0.462 e. The van der Waals surface area contributed by atoms with Gasteiger partial charge < -0.3 is 4.74 Å².